The average molecular weight is 733 g/mol. The summed E-state index contributed by atoms with van der Waals surface area (Å²) in [6.07, 6.45) is 3.06. The van der Waals surface area contributed by atoms with E-state index < -0.39 is 36.3 Å². The van der Waals surface area contributed by atoms with Gasteiger partial charge in [0.15, 0.2) is 5.79 Å². The Labute approximate surface area is 307 Å². The second-order valence-electron chi connectivity index (χ2n) is 17.2. The lowest BCUT2D eigenvalue weighted by Gasteiger charge is -2.47. The molecule has 0 aromatic carbocycles. The van der Waals surface area contributed by atoms with Crippen LogP contribution in [0.4, 0.5) is 0 Å². The number of aliphatic hydroxyl groups excluding tert-OH is 3. The van der Waals surface area contributed by atoms with E-state index in [1.54, 1.807) is 7.11 Å². The van der Waals surface area contributed by atoms with Crippen molar-refractivity contribution in [3.63, 3.8) is 0 Å². The van der Waals surface area contributed by atoms with Crippen LogP contribution in [0, 0.1) is 11.8 Å². The number of aliphatic hydroxyl groups is 3. The first-order valence-electron chi connectivity index (χ1n) is 20.0. The first-order chi connectivity index (χ1) is 25.0. The fourth-order valence-corrected chi connectivity index (χ4v) is 10.8. The number of Topliss-reactive ketones (excluding diaryl/α,β-unsaturated/α-hetero) is 1. The number of rotatable bonds is 4. The monoisotopic (exact) mass is 732 g/mol. The number of fused-ring (bicyclic) bond motifs is 9. The van der Waals surface area contributed by atoms with Gasteiger partial charge in [-0.25, -0.2) is 0 Å². The van der Waals surface area contributed by atoms with E-state index in [9.17, 15) is 20.1 Å². The summed E-state index contributed by atoms with van der Waals surface area (Å²) in [5.74, 6) is -0.909. The topological polar surface area (TPSA) is 152 Å². The van der Waals surface area contributed by atoms with Crippen LogP contribution >= 0.6 is 0 Å². The lowest BCUT2D eigenvalue weighted by atomic mass is 9.81. The Kier molecular flexibility index (Phi) is 11.1. The number of ether oxygens (including phenoxy) is 8. The molecule has 8 aliphatic rings. The minimum atomic E-state index is -0.957. The highest BCUT2D eigenvalue weighted by atomic mass is 16.7. The molecule has 1 spiro atoms. The number of carbonyl (C=O) groups is 1. The Bertz CT molecular complexity index is 1330. The Balaban J connectivity index is 1.06. The van der Waals surface area contributed by atoms with Gasteiger partial charge in [0.25, 0.3) is 0 Å². The minimum Gasteiger partial charge on any atom is -0.394 e. The van der Waals surface area contributed by atoms with Gasteiger partial charge in [-0.2, -0.15) is 0 Å². The quantitative estimate of drug-likeness (QED) is 0.363. The van der Waals surface area contributed by atoms with Crippen molar-refractivity contribution in [2.75, 3.05) is 13.7 Å². The highest BCUT2D eigenvalue weighted by Gasteiger charge is 2.59. The Hall–Kier alpha value is -1.29. The summed E-state index contributed by atoms with van der Waals surface area (Å²) in [5, 5.41) is 31.2. The van der Waals surface area contributed by atoms with Crippen LogP contribution in [0.2, 0.25) is 0 Å². The zero-order chi connectivity index (χ0) is 36.3. The number of methoxy groups -OCH3 is 1. The molecule has 0 aliphatic carbocycles. The molecular weight excluding hydrogens is 672 g/mol. The van der Waals surface area contributed by atoms with Crippen LogP contribution in [0.1, 0.15) is 96.8 Å². The van der Waals surface area contributed by atoms with Crippen LogP contribution in [0.3, 0.4) is 0 Å². The van der Waals surface area contributed by atoms with E-state index in [2.05, 4.69) is 20.1 Å². The van der Waals surface area contributed by atoms with Crippen LogP contribution < -0.4 is 0 Å². The van der Waals surface area contributed by atoms with Gasteiger partial charge in [0.1, 0.15) is 18.0 Å². The standard InChI is InChI=1S/C40H60O12/c1-20-11-25-5-7-30-21(2)12-27(46-30)9-10-40-18-29(44)38(52-40)35-17-36(51-40)39-31(49-35)8-6-26(48-39)13-23(42)14-28-33(16-32(47-25)22(20)3)50-34(37(28)45-4)15-24(43)19-41/h20,24-39,41,43-44H,2-3,5-19H2,1,4H3. The molecule has 0 radical (unpaired) electrons. The maximum Gasteiger partial charge on any atom is 0.172 e. The maximum absolute atomic E-state index is 14.0. The second kappa shape index (κ2) is 15.3. The summed E-state index contributed by atoms with van der Waals surface area (Å²) in [5.41, 5.74) is 2.13. The lowest BCUT2D eigenvalue weighted by Crippen LogP contribution is -2.58. The molecule has 18 unspecified atom stereocenters. The summed E-state index contributed by atoms with van der Waals surface area (Å²) in [4.78, 5) is 14.0. The van der Waals surface area contributed by atoms with E-state index in [0.717, 1.165) is 49.7 Å². The molecule has 0 saturated carbocycles. The predicted octanol–water partition coefficient (Wildman–Crippen LogP) is 3.46. The van der Waals surface area contributed by atoms with Crippen LogP contribution in [-0.2, 0) is 42.7 Å². The van der Waals surface area contributed by atoms with Gasteiger partial charge in [0, 0.05) is 58.0 Å². The van der Waals surface area contributed by atoms with Crippen molar-refractivity contribution >= 4 is 5.78 Å². The molecule has 8 rings (SSSR count). The molecule has 8 saturated heterocycles. The van der Waals surface area contributed by atoms with E-state index >= 15 is 0 Å². The number of ketones is 1. The molecule has 10 bridgehead atoms. The van der Waals surface area contributed by atoms with Crippen LogP contribution in [0.5, 0.6) is 0 Å². The smallest absolute Gasteiger partial charge is 0.172 e. The first-order valence-corrected chi connectivity index (χ1v) is 20.0. The van der Waals surface area contributed by atoms with Gasteiger partial charge in [0.05, 0.1) is 86.0 Å². The molecule has 8 fully saturated rings. The third-order valence-electron chi connectivity index (χ3n) is 13.5. The van der Waals surface area contributed by atoms with Gasteiger partial charge in [-0.1, -0.05) is 20.1 Å². The van der Waals surface area contributed by atoms with Crippen molar-refractivity contribution < 1.29 is 58.0 Å². The van der Waals surface area contributed by atoms with Crippen LogP contribution in [-0.4, -0.2) is 132 Å². The highest BCUT2D eigenvalue weighted by Crippen LogP contribution is 2.49. The molecule has 52 heavy (non-hydrogen) atoms. The fraction of sp³-hybridized carbons (Fsp3) is 0.875. The van der Waals surface area contributed by atoms with Crippen molar-refractivity contribution in [2.45, 2.75) is 194 Å². The zero-order valence-electron chi connectivity index (χ0n) is 30.9. The lowest BCUT2D eigenvalue weighted by molar-refractivity contribution is -0.277. The van der Waals surface area contributed by atoms with Gasteiger partial charge < -0.3 is 53.2 Å². The molecule has 292 valence electrons. The van der Waals surface area contributed by atoms with Gasteiger partial charge in [-0.3, -0.25) is 4.79 Å². The second-order valence-corrected chi connectivity index (χ2v) is 17.2. The van der Waals surface area contributed by atoms with Gasteiger partial charge in [-0.15, -0.1) is 0 Å². The molecule has 18 atom stereocenters. The largest absolute Gasteiger partial charge is 0.394 e. The third kappa shape index (κ3) is 7.48. The predicted molar refractivity (Wildman–Crippen MR) is 186 cm³/mol. The molecule has 12 nitrogen and oxygen atoms in total. The average Bonchev–Trinajstić information content (AvgIpc) is 3.72. The normalized spacial score (nSPS) is 50.4. The molecule has 0 aromatic rings. The Morgan fingerprint density at radius 1 is 0.827 bits per heavy atom. The van der Waals surface area contributed by atoms with E-state index in [1.807, 2.05) is 0 Å². The molecule has 12 heteroatoms. The van der Waals surface area contributed by atoms with Crippen LogP contribution in [0.25, 0.3) is 0 Å². The number of carbonyl (C=O) groups excluding carboxylic acids is 1. The van der Waals surface area contributed by atoms with Crippen molar-refractivity contribution in [1.29, 1.82) is 0 Å². The number of hydrogen-bond acceptors (Lipinski definition) is 12. The maximum atomic E-state index is 14.0. The molecular formula is C40H60O12. The Morgan fingerprint density at radius 3 is 2.42 bits per heavy atom. The molecule has 3 N–H and O–H groups in total. The van der Waals surface area contributed by atoms with Gasteiger partial charge in [0.2, 0.25) is 0 Å². The number of hydrogen-bond donors (Lipinski definition) is 3. The summed E-state index contributed by atoms with van der Waals surface area (Å²) < 4.78 is 52.7. The van der Waals surface area contributed by atoms with Crippen molar-refractivity contribution in [2.24, 2.45) is 11.8 Å². The minimum absolute atomic E-state index is 0.0101. The van der Waals surface area contributed by atoms with Crippen molar-refractivity contribution in [3.8, 4) is 0 Å². The van der Waals surface area contributed by atoms with Gasteiger partial charge in [-0.05, 0) is 62.0 Å². The van der Waals surface area contributed by atoms with E-state index in [-0.39, 0.29) is 105 Å². The summed E-state index contributed by atoms with van der Waals surface area (Å²) >= 11 is 0. The summed E-state index contributed by atoms with van der Waals surface area (Å²) in [6.45, 7) is 10.7. The van der Waals surface area contributed by atoms with Gasteiger partial charge >= 0.3 is 0 Å². The molecule has 0 aromatic heterocycles. The molecule has 8 heterocycles. The van der Waals surface area contributed by atoms with Crippen molar-refractivity contribution in [3.05, 3.63) is 24.3 Å². The molecule has 0 amide bonds. The Morgan fingerprint density at radius 2 is 1.62 bits per heavy atom. The van der Waals surface area contributed by atoms with E-state index in [4.69, 9.17) is 37.9 Å². The highest BCUT2D eigenvalue weighted by molar-refractivity contribution is 5.79. The SMILES string of the molecule is C=C1CC2CCC34CC(O)C(O3)C3CC(O4)C4OC(CCC4O3)CC(=O)CC3C(CC4OC(CCC1O2)CC(C)C4=C)OC(CC(O)CO)C3OC. The first kappa shape index (κ1) is 37.6. The summed E-state index contributed by atoms with van der Waals surface area (Å²) in [7, 11) is 1.62. The fourth-order valence-electron chi connectivity index (χ4n) is 10.8. The van der Waals surface area contributed by atoms with Crippen LogP contribution in [0.15, 0.2) is 24.3 Å². The molecule has 8 aliphatic heterocycles. The summed E-state index contributed by atoms with van der Waals surface area (Å²) in [6, 6.07) is 0. The third-order valence-corrected chi connectivity index (χ3v) is 13.5. The van der Waals surface area contributed by atoms with Crippen molar-refractivity contribution in [1.82, 2.24) is 0 Å². The van der Waals surface area contributed by atoms with E-state index in [1.165, 1.54) is 0 Å². The van der Waals surface area contributed by atoms with E-state index in [0.29, 0.717) is 32.1 Å². The zero-order valence-corrected chi connectivity index (χ0v) is 30.9.